The van der Waals surface area contributed by atoms with Crippen LogP contribution < -0.4 is 0 Å². The predicted molar refractivity (Wildman–Crippen MR) is 257 cm³/mol. The lowest BCUT2D eigenvalue weighted by molar-refractivity contribution is 1.08. The highest BCUT2D eigenvalue weighted by molar-refractivity contribution is 8.34. The topological polar surface area (TPSA) is 61.4 Å². The van der Waals surface area contributed by atoms with Gasteiger partial charge in [0.25, 0.3) is 0 Å². The Morgan fingerprint density at radius 2 is 0.587 bits per heavy atom. The third-order valence-corrected chi connectivity index (χ3v) is 15.9. The van der Waals surface area contributed by atoms with Crippen LogP contribution in [0.1, 0.15) is 0 Å². The average molecular weight is 827 g/mol. The number of rotatable bonds is 8. The van der Waals surface area contributed by atoms with Gasteiger partial charge in [-0.3, -0.25) is 0 Å². The average Bonchev–Trinajstić information content (AvgIpc) is 3.88. The molecule has 0 atom stereocenters. The van der Waals surface area contributed by atoms with Gasteiger partial charge < -0.3 is 9.13 Å². The maximum atomic E-state index is 5.03. The van der Waals surface area contributed by atoms with Gasteiger partial charge in [0.1, 0.15) is 0 Å². The largest absolute Gasteiger partial charge is 0.306 e. The van der Waals surface area contributed by atoms with Crippen molar-refractivity contribution in [2.45, 2.75) is 19.6 Å². The molecule has 0 fully saturated rings. The molecule has 0 amide bonds. The van der Waals surface area contributed by atoms with Crippen molar-refractivity contribution in [1.82, 2.24) is 29.1 Å². The van der Waals surface area contributed by atoms with Crippen LogP contribution in [0.3, 0.4) is 0 Å². The predicted octanol–water partition coefficient (Wildman–Crippen LogP) is 14.1. The van der Waals surface area contributed by atoms with Crippen LogP contribution in [0.5, 0.6) is 0 Å². The van der Waals surface area contributed by atoms with Crippen molar-refractivity contribution >= 4 is 53.6 Å². The Labute approximate surface area is 365 Å². The lowest BCUT2D eigenvalue weighted by atomic mass is 10.2. The first-order valence-electron chi connectivity index (χ1n) is 21.0. The zero-order valence-electron chi connectivity index (χ0n) is 34.0. The van der Waals surface area contributed by atoms with E-state index < -0.39 is 10.0 Å². The van der Waals surface area contributed by atoms with E-state index in [2.05, 4.69) is 215 Å². The molecule has 0 aliphatic rings. The molecular formula is C56H38N6S. The van der Waals surface area contributed by atoms with Crippen molar-refractivity contribution in [3.8, 4) is 34.2 Å². The van der Waals surface area contributed by atoms with E-state index in [1.165, 1.54) is 41.1 Å². The van der Waals surface area contributed by atoms with E-state index in [1.54, 1.807) is 0 Å². The molecule has 8 aromatic carbocycles. The van der Waals surface area contributed by atoms with Crippen LogP contribution in [0, 0.1) is 0 Å². The molecule has 0 spiro atoms. The molecule has 0 unspecified atom stereocenters. The Kier molecular flexibility index (Phi) is 8.79. The molecule has 7 heteroatoms. The molecule has 0 bridgehead atoms. The van der Waals surface area contributed by atoms with Crippen LogP contribution in [-0.2, 0) is 0 Å². The standard InChI is InChI=1S/C56H38N6S/c1-3-19-43(20-4-1)63(44-21-5-2-6-22-44,45-23-15-17-39(33-45)55-57-35-41(36-58-55)61-51-29-11-7-25-47(51)48-26-8-12-30-52(48)61)46-24-16-18-40(34-46)56-59-37-42(38-60-56)62-53-31-13-9-27-49(53)50-28-10-14-32-54(50)62/h1-38H. The molecule has 0 aliphatic carbocycles. The molecular weight excluding hydrogens is 789 g/mol. The summed E-state index contributed by atoms with van der Waals surface area (Å²) >= 11 is 0. The van der Waals surface area contributed by atoms with E-state index >= 15 is 0 Å². The van der Waals surface area contributed by atoms with Gasteiger partial charge in [-0.15, -0.1) is 10.0 Å². The SMILES string of the molecule is c1ccc(S(c2ccccc2)(c2cccc(-c3ncc(-n4c5ccccc5c5ccccc54)cn3)c2)c2cccc(-c3ncc(-n4c5ccccc5c5ccccc54)cn3)c2)cc1. The van der Waals surface area contributed by atoms with Crippen LogP contribution in [0.4, 0.5) is 0 Å². The molecule has 63 heavy (non-hydrogen) atoms. The normalized spacial score (nSPS) is 12.1. The molecule has 0 radical (unpaired) electrons. The molecule has 0 N–H and O–H groups in total. The van der Waals surface area contributed by atoms with Crippen molar-refractivity contribution < 1.29 is 0 Å². The number of nitrogens with zero attached hydrogens (tertiary/aromatic N) is 6. The fourth-order valence-electron chi connectivity index (χ4n) is 9.29. The van der Waals surface area contributed by atoms with Gasteiger partial charge in [-0.05, 0) is 72.8 Å². The number of aromatic nitrogens is 6. The quantitative estimate of drug-likeness (QED) is 0.153. The lowest BCUT2D eigenvalue weighted by Gasteiger charge is -2.42. The van der Waals surface area contributed by atoms with Gasteiger partial charge in [-0.2, -0.15) is 0 Å². The Morgan fingerprint density at radius 3 is 0.937 bits per heavy atom. The van der Waals surface area contributed by atoms with Crippen molar-refractivity contribution in [3.05, 3.63) is 231 Å². The van der Waals surface area contributed by atoms with Crippen LogP contribution in [-0.4, -0.2) is 29.1 Å². The van der Waals surface area contributed by atoms with Gasteiger partial charge in [0.2, 0.25) is 0 Å². The Bertz CT molecular complexity index is 3270. The van der Waals surface area contributed by atoms with Crippen molar-refractivity contribution in [2.75, 3.05) is 0 Å². The summed E-state index contributed by atoms with van der Waals surface area (Å²) < 4.78 is 4.50. The van der Waals surface area contributed by atoms with Crippen molar-refractivity contribution in [2.24, 2.45) is 0 Å². The minimum absolute atomic E-state index is 0.668. The Morgan fingerprint density at radius 1 is 0.286 bits per heavy atom. The third kappa shape index (κ3) is 5.97. The van der Waals surface area contributed by atoms with Crippen molar-refractivity contribution in [1.29, 1.82) is 0 Å². The molecule has 0 saturated carbocycles. The van der Waals surface area contributed by atoms with Gasteiger partial charge in [-0.1, -0.05) is 133 Å². The lowest BCUT2D eigenvalue weighted by Crippen LogP contribution is -2.06. The molecule has 0 saturated heterocycles. The zero-order valence-corrected chi connectivity index (χ0v) is 34.8. The summed E-state index contributed by atoms with van der Waals surface area (Å²) in [5.74, 6) is 1.34. The summed E-state index contributed by atoms with van der Waals surface area (Å²) in [5.41, 5.74) is 8.25. The molecule has 12 rings (SSSR count). The molecule has 12 aromatic rings. The number of hydrogen-bond acceptors (Lipinski definition) is 4. The number of hydrogen-bond donors (Lipinski definition) is 0. The maximum Gasteiger partial charge on any atom is 0.159 e. The molecule has 6 nitrogen and oxygen atoms in total. The first-order valence-corrected chi connectivity index (χ1v) is 22.6. The monoisotopic (exact) mass is 826 g/mol. The van der Waals surface area contributed by atoms with Gasteiger partial charge in [-0.25, -0.2) is 19.9 Å². The first-order chi connectivity index (χ1) is 31.3. The highest BCUT2D eigenvalue weighted by Crippen LogP contribution is 2.73. The highest BCUT2D eigenvalue weighted by atomic mass is 32.3. The second-order valence-electron chi connectivity index (χ2n) is 15.6. The summed E-state index contributed by atoms with van der Waals surface area (Å²) in [6, 6.07) is 73.4. The maximum absolute atomic E-state index is 5.03. The van der Waals surface area contributed by atoms with Crippen LogP contribution in [0.2, 0.25) is 0 Å². The van der Waals surface area contributed by atoms with E-state index in [0.29, 0.717) is 11.6 Å². The third-order valence-electron chi connectivity index (χ3n) is 12.0. The smallest absolute Gasteiger partial charge is 0.159 e. The summed E-state index contributed by atoms with van der Waals surface area (Å²) in [6.45, 7) is 0. The van der Waals surface area contributed by atoms with Gasteiger partial charge in [0.15, 0.2) is 11.6 Å². The Hall–Kier alpha value is -8.13. The summed E-state index contributed by atoms with van der Waals surface area (Å²) in [6.07, 6.45) is 7.77. The molecule has 4 aromatic heterocycles. The van der Waals surface area contributed by atoms with Crippen LogP contribution in [0.15, 0.2) is 251 Å². The van der Waals surface area contributed by atoms with E-state index in [0.717, 1.165) is 44.6 Å². The summed E-state index contributed by atoms with van der Waals surface area (Å²) in [5, 5.41) is 4.83. The minimum Gasteiger partial charge on any atom is -0.306 e. The first kappa shape index (κ1) is 36.7. The molecule has 298 valence electrons. The Balaban J connectivity index is 0.980. The van der Waals surface area contributed by atoms with Crippen LogP contribution in [0.25, 0.3) is 77.8 Å². The summed E-state index contributed by atoms with van der Waals surface area (Å²) in [4.78, 5) is 24.9. The van der Waals surface area contributed by atoms with E-state index in [-0.39, 0.29) is 0 Å². The van der Waals surface area contributed by atoms with Gasteiger partial charge >= 0.3 is 0 Å². The molecule has 4 heterocycles. The van der Waals surface area contributed by atoms with Gasteiger partial charge in [0, 0.05) is 52.3 Å². The number of para-hydroxylation sites is 4. The summed E-state index contributed by atoms with van der Waals surface area (Å²) in [7, 11) is -2.08. The fraction of sp³-hybridized carbons (Fsp3) is 0. The highest BCUT2D eigenvalue weighted by Gasteiger charge is 2.34. The fourth-order valence-corrected chi connectivity index (χ4v) is 13.2. The molecule has 0 aliphatic heterocycles. The zero-order chi connectivity index (χ0) is 41.7. The van der Waals surface area contributed by atoms with E-state index in [9.17, 15) is 0 Å². The van der Waals surface area contributed by atoms with Crippen molar-refractivity contribution in [3.63, 3.8) is 0 Å². The van der Waals surface area contributed by atoms with Gasteiger partial charge in [0.05, 0.1) is 58.2 Å². The van der Waals surface area contributed by atoms with E-state index in [4.69, 9.17) is 19.9 Å². The van der Waals surface area contributed by atoms with Crippen LogP contribution >= 0.6 is 10.0 Å². The number of fused-ring (bicyclic) bond motifs is 6. The minimum atomic E-state index is -2.08. The number of benzene rings is 8. The second-order valence-corrected chi connectivity index (χ2v) is 18.7. The van der Waals surface area contributed by atoms with E-state index in [1.807, 2.05) is 24.8 Å². The second kappa shape index (κ2) is 15.1.